The molecule has 4 rings (SSSR count). The molecule has 4 aromatic rings. The zero-order chi connectivity index (χ0) is 22.5. The lowest BCUT2D eigenvalue weighted by Gasteiger charge is -2.08. The average molecular weight is 470 g/mol. The standard InChI is InChI=1S/C23H21Cl2N5O2/c1-2-3-12-32-20-9-5-8-19(28-20)29-22(31)14-10-11-17-18(13-14)27-23(26-17)30-21-15(24)6-4-7-16(21)25/h4-11,13H,2-3,12H2,1H3,(H2,26,27,30)(H,28,29,31). The van der Waals surface area contributed by atoms with Gasteiger partial charge in [-0.1, -0.05) is 48.7 Å². The molecule has 164 valence electrons. The van der Waals surface area contributed by atoms with Crippen LogP contribution in [0.25, 0.3) is 11.0 Å². The van der Waals surface area contributed by atoms with E-state index in [4.69, 9.17) is 27.9 Å². The molecular formula is C23H21Cl2N5O2. The SMILES string of the molecule is CCCCOc1cccc(NC(=O)c2ccc3nc(Nc4c(Cl)cccc4Cl)[nH]c3c2)n1. The number of aromatic amines is 1. The largest absolute Gasteiger partial charge is 0.478 e. The molecule has 3 N–H and O–H groups in total. The first-order valence-electron chi connectivity index (χ1n) is 10.2. The maximum Gasteiger partial charge on any atom is 0.256 e. The van der Waals surface area contributed by atoms with Gasteiger partial charge < -0.3 is 20.4 Å². The van der Waals surface area contributed by atoms with Gasteiger partial charge in [0.05, 0.1) is 33.4 Å². The summed E-state index contributed by atoms with van der Waals surface area (Å²) in [5, 5.41) is 6.85. The van der Waals surface area contributed by atoms with Crippen molar-refractivity contribution in [3.63, 3.8) is 0 Å². The number of amides is 1. The molecule has 0 atom stereocenters. The number of halogens is 2. The number of H-pyrrole nitrogens is 1. The third-order valence-electron chi connectivity index (χ3n) is 4.66. The summed E-state index contributed by atoms with van der Waals surface area (Å²) >= 11 is 12.4. The Morgan fingerprint density at radius 2 is 1.84 bits per heavy atom. The van der Waals surface area contributed by atoms with E-state index in [2.05, 4.69) is 32.5 Å². The van der Waals surface area contributed by atoms with Crippen LogP contribution in [-0.4, -0.2) is 27.5 Å². The minimum absolute atomic E-state index is 0.289. The number of nitrogens with zero attached hydrogens (tertiary/aromatic N) is 2. The molecular weight excluding hydrogens is 449 g/mol. The monoisotopic (exact) mass is 469 g/mol. The second-order valence-corrected chi connectivity index (χ2v) is 7.87. The molecule has 7 nitrogen and oxygen atoms in total. The highest BCUT2D eigenvalue weighted by molar-refractivity contribution is 6.39. The van der Waals surface area contributed by atoms with Gasteiger partial charge in [-0.3, -0.25) is 4.79 Å². The summed E-state index contributed by atoms with van der Waals surface area (Å²) in [4.78, 5) is 24.7. The molecule has 32 heavy (non-hydrogen) atoms. The zero-order valence-corrected chi connectivity index (χ0v) is 18.8. The summed E-state index contributed by atoms with van der Waals surface area (Å²) in [6.07, 6.45) is 1.98. The number of para-hydroxylation sites is 1. The van der Waals surface area contributed by atoms with Crippen molar-refractivity contribution in [3.05, 3.63) is 70.2 Å². The number of hydrogen-bond donors (Lipinski definition) is 3. The maximum absolute atomic E-state index is 12.7. The molecule has 0 aliphatic rings. The Labute approximate surface area is 195 Å². The Kier molecular flexibility index (Phi) is 6.78. The van der Waals surface area contributed by atoms with Crippen LogP contribution < -0.4 is 15.4 Å². The molecule has 0 aliphatic carbocycles. The topological polar surface area (TPSA) is 91.9 Å². The molecule has 0 radical (unpaired) electrons. The van der Waals surface area contributed by atoms with Crippen molar-refractivity contribution >= 4 is 57.6 Å². The fourth-order valence-electron chi connectivity index (χ4n) is 3.02. The van der Waals surface area contributed by atoms with Crippen LogP contribution in [0.2, 0.25) is 10.0 Å². The summed E-state index contributed by atoms with van der Waals surface area (Å²) in [5.74, 6) is 1.08. The molecule has 0 saturated carbocycles. The number of aromatic nitrogens is 3. The zero-order valence-electron chi connectivity index (χ0n) is 17.3. The molecule has 2 aromatic heterocycles. The predicted molar refractivity (Wildman–Crippen MR) is 128 cm³/mol. The highest BCUT2D eigenvalue weighted by atomic mass is 35.5. The minimum atomic E-state index is -0.289. The number of ether oxygens (including phenoxy) is 1. The number of hydrogen-bond acceptors (Lipinski definition) is 5. The Morgan fingerprint density at radius 3 is 2.62 bits per heavy atom. The lowest BCUT2D eigenvalue weighted by Crippen LogP contribution is -2.13. The molecule has 2 heterocycles. The van der Waals surface area contributed by atoms with E-state index in [9.17, 15) is 4.79 Å². The van der Waals surface area contributed by atoms with Gasteiger partial charge in [0.25, 0.3) is 5.91 Å². The smallest absolute Gasteiger partial charge is 0.256 e. The van der Waals surface area contributed by atoms with E-state index in [1.807, 2.05) is 0 Å². The van der Waals surface area contributed by atoms with Crippen LogP contribution in [0.15, 0.2) is 54.6 Å². The third-order valence-corrected chi connectivity index (χ3v) is 5.29. The van der Waals surface area contributed by atoms with Crippen molar-refractivity contribution in [1.29, 1.82) is 0 Å². The summed E-state index contributed by atoms with van der Waals surface area (Å²) in [6.45, 7) is 2.68. The van der Waals surface area contributed by atoms with E-state index in [0.29, 0.717) is 56.6 Å². The number of nitrogens with one attached hydrogen (secondary N) is 3. The van der Waals surface area contributed by atoms with E-state index in [1.165, 1.54) is 0 Å². The molecule has 0 bridgehead atoms. The number of fused-ring (bicyclic) bond motifs is 1. The number of rotatable bonds is 8. The van der Waals surface area contributed by atoms with Gasteiger partial charge in [0.2, 0.25) is 11.8 Å². The third kappa shape index (κ3) is 5.12. The number of anilines is 3. The van der Waals surface area contributed by atoms with Gasteiger partial charge in [-0.05, 0) is 42.8 Å². The number of carbonyl (C=O) groups is 1. The molecule has 0 aliphatic heterocycles. The van der Waals surface area contributed by atoms with Gasteiger partial charge >= 0.3 is 0 Å². The van der Waals surface area contributed by atoms with Gasteiger partial charge in [-0.2, -0.15) is 4.98 Å². The first-order valence-corrected chi connectivity index (χ1v) is 10.9. The second kappa shape index (κ2) is 9.89. The molecule has 0 spiro atoms. The van der Waals surface area contributed by atoms with Gasteiger partial charge in [0.1, 0.15) is 5.82 Å². The average Bonchev–Trinajstić information content (AvgIpc) is 3.18. The van der Waals surface area contributed by atoms with Crippen molar-refractivity contribution in [2.24, 2.45) is 0 Å². The van der Waals surface area contributed by atoms with Gasteiger partial charge in [-0.15, -0.1) is 0 Å². The summed E-state index contributed by atoms with van der Waals surface area (Å²) in [6, 6.07) is 15.7. The van der Waals surface area contributed by atoms with Crippen LogP contribution in [0.1, 0.15) is 30.1 Å². The first kappa shape index (κ1) is 21.9. The summed E-state index contributed by atoms with van der Waals surface area (Å²) in [5.41, 5.74) is 2.40. The first-order chi connectivity index (χ1) is 15.5. The van der Waals surface area contributed by atoms with Crippen molar-refractivity contribution in [1.82, 2.24) is 15.0 Å². The molecule has 0 unspecified atom stereocenters. The van der Waals surface area contributed by atoms with Crippen molar-refractivity contribution in [3.8, 4) is 5.88 Å². The normalized spacial score (nSPS) is 10.8. The van der Waals surface area contributed by atoms with Crippen molar-refractivity contribution in [2.75, 3.05) is 17.2 Å². The van der Waals surface area contributed by atoms with Crippen molar-refractivity contribution < 1.29 is 9.53 Å². The minimum Gasteiger partial charge on any atom is -0.478 e. The molecule has 0 saturated heterocycles. The summed E-state index contributed by atoms with van der Waals surface area (Å²) < 4.78 is 5.60. The fraction of sp³-hybridized carbons (Fsp3) is 0.174. The quantitative estimate of drug-likeness (QED) is 0.258. The van der Waals surface area contributed by atoms with E-state index in [-0.39, 0.29) is 5.91 Å². The molecule has 2 aromatic carbocycles. The fourth-order valence-corrected chi connectivity index (χ4v) is 3.51. The van der Waals surface area contributed by atoms with Crippen LogP contribution in [0.4, 0.5) is 17.5 Å². The van der Waals surface area contributed by atoms with Crippen LogP contribution >= 0.6 is 23.2 Å². The lowest BCUT2D eigenvalue weighted by molar-refractivity contribution is 0.102. The Morgan fingerprint density at radius 1 is 1.06 bits per heavy atom. The van der Waals surface area contributed by atoms with Gasteiger partial charge in [-0.25, -0.2) is 4.98 Å². The predicted octanol–water partition coefficient (Wildman–Crippen LogP) is 6.44. The van der Waals surface area contributed by atoms with Crippen LogP contribution in [0.3, 0.4) is 0 Å². The molecule has 1 amide bonds. The maximum atomic E-state index is 12.7. The van der Waals surface area contributed by atoms with Crippen molar-refractivity contribution in [2.45, 2.75) is 19.8 Å². The highest BCUT2D eigenvalue weighted by Gasteiger charge is 2.12. The van der Waals surface area contributed by atoms with Crippen LogP contribution in [-0.2, 0) is 0 Å². The van der Waals surface area contributed by atoms with E-state index < -0.39 is 0 Å². The Bertz CT molecular complexity index is 1240. The number of benzene rings is 2. The van der Waals surface area contributed by atoms with Crippen LogP contribution in [0.5, 0.6) is 5.88 Å². The Balaban J connectivity index is 1.49. The molecule has 0 fully saturated rings. The highest BCUT2D eigenvalue weighted by Crippen LogP contribution is 2.32. The van der Waals surface area contributed by atoms with E-state index in [1.54, 1.807) is 54.6 Å². The van der Waals surface area contributed by atoms with E-state index in [0.717, 1.165) is 12.8 Å². The van der Waals surface area contributed by atoms with Crippen LogP contribution in [0, 0.1) is 0 Å². The van der Waals surface area contributed by atoms with Gasteiger partial charge in [0, 0.05) is 11.6 Å². The molecule has 9 heteroatoms. The number of pyridine rings is 1. The second-order valence-electron chi connectivity index (χ2n) is 7.06. The Hall–Kier alpha value is -3.29. The number of imidazole rings is 1. The lowest BCUT2D eigenvalue weighted by atomic mass is 10.2. The van der Waals surface area contributed by atoms with E-state index >= 15 is 0 Å². The number of carbonyl (C=O) groups excluding carboxylic acids is 1. The van der Waals surface area contributed by atoms with Gasteiger partial charge in [0.15, 0.2) is 0 Å². The summed E-state index contributed by atoms with van der Waals surface area (Å²) in [7, 11) is 0. The number of unbranched alkanes of at least 4 members (excludes halogenated alkanes) is 1.